The zero-order valence-corrected chi connectivity index (χ0v) is 16.6. The standard InChI is InChI=1S/C22H20ClN3O3/c1-2-29-20-11-10-17(13-19(20)23)14-24-25-21(27)18-9-6-12-26(22(18)28)15-16-7-4-3-5-8-16/h3-14H,2,15H2,1H3,(H,25,27)/b24-14-. The second-order valence-electron chi connectivity index (χ2n) is 6.16. The largest absolute Gasteiger partial charge is 0.492 e. The van der Waals surface area contributed by atoms with E-state index in [0.29, 0.717) is 29.5 Å². The molecule has 0 fully saturated rings. The number of hydrogen-bond acceptors (Lipinski definition) is 4. The number of nitrogens with zero attached hydrogens (tertiary/aromatic N) is 2. The van der Waals surface area contributed by atoms with Gasteiger partial charge in [-0.1, -0.05) is 41.9 Å². The number of carbonyl (C=O) groups excluding carboxylic acids is 1. The van der Waals surface area contributed by atoms with Crippen molar-refractivity contribution in [3.63, 3.8) is 0 Å². The maximum Gasteiger partial charge on any atom is 0.276 e. The van der Waals surface area contributed by atoms with Gasteiger partial charge in [0.25, 0.3) is 11.5 Å². The van der Waals surface area contributed by atoms with Gasteiger partial charge in [-0.2, -0.15) is 5.10 Å². The van der Waals surface area contributed by atoms with Gasteiger partial charge in [0, 0.05) is 6.20 Å². The third-order valence-electron chi connectivity index (χ3n) is 4.10. The zero-order valence-electron chi connectivity index (χ0n) is 15.8. The van der Waals surface area contributed by atoms with Crippen LogP contribution in [-0.2, 0) is 6.54 Å². The molecule has 2 aromatic carbocycles. The van der Waals surface area contributed by atoms with Crippen LogP contribution in [0.5, 0.6) is 5.75 Å². The van der Waals surface area contributed by atoms with Crippen LogP contribution in [0.25, 0.3) is 0 Å². The summed E-state index contributed by atoms with van der Waals surface area (Å²) in [5, 5.41) is 4.37. The number of hydrogen-bond donors (Lipinski definition) is 1. The van der Waals surface area contributed by atoms with E-state index in [1.54, 1.807) is 30.5 Å². The number of halogens is 1. The summed E-state index contributed by atoms with van der Waals surface area (Å²) < 4.78 is 6.86. The first-order valence-corrected chi connectivity index (χ1v) is 9.45. The smallest absolute Gasteiger partial charge is 0.276 e. The van der Waals surface area contributed by atoms with Crippen LogP contribution in [0, 0.1) is 0 Å². The molecule has 29 heavy (non-hydrogen) atoms. The van der Waals surface area contributed by atoms with E-state index in [1.165, 1.54) is 16.8 Å². The molecule has 1 aromatic heterocycles. The van der Waals surface area contributed by atoms with Crippen molar-refractivity contribution in [2.24, 2.45) is 5.10 Å². The first kappa shape index (κ1) is 20.4. The Labute approximate surface area is 173 Å². The molecule has 1 amide bonds. The van der Waals surface area contributed by atoms with Crippen LogP contribution in [0.3, 0.4) is 0 Å². The molecule has 6 nitrogen and oxygen atoms in total. The Bertz CT molecular complexity index is 1080. The summed E-state index contributed by atoms with van der Waals surface area (Å²) in [6.45, 7) is 2.77. The lowest BCUT2D eigenvalue weighted by Gasteiger charge is -2.07. The lowest BCUT2D eigenvalue weighted by atomic mass is 10.2. The van der Waals surface area contributed by atoms with Gasteiger partial charge in [-0.15, -0.1) is 0 Å². The van der Waals surface area contributed by atoms with Gasteiger partial charge in [0.05, 0.1) is 24.4 Å². The number of nitrogens with one attached hydrogen (secondary N) is 1. The summed E-state index contributed by atoms with van der Waals surface area (Å²) in [6.07, 6.45) is 3.10. The molecular weight excluding hydrogens is 390 g/mol. The van der Waals surface area contributed by atoms with Crippen LogP contribution in [0.1, 0.15) is 28.4 Å². The fourth-order valence-electron chi connectivity index (χ4n) is 2.71. The van der Waals surface area contributed by atoms with Crippen molar-refractivity contribution < 1.29 is 9.53 Å². The van der Waals surface area contributed by atoms with Gasteiger partial charge in [0.1, 0.15) is 11.3 Å². The Morgan fingerprint density at radius 1 is 1.17 bits per heavy atom. The summed E-state index contributed by atoms with van der Waals surface area (Å²) in [7, 11) is 0. The molecule has 0 aliphatic carbocycles. The number of amides is 1. The third-order valence-corrected chi connectivity index (χ3v) is 4.39. The molecular formula is C22H20ClN3O3. The Kier molecular flexibility index (Phi) is 6.81. The molecule has 1 heterocycles. The van der Waals surface area contributed by atoms with Crippen molar-refractivity contribution in [1.29, 1.82) is 0 Å². The van der Waals surface area contributed by atoms with Gasteiger partial charge in [0.2, 0.25) is 0 Å². The first-order valence-electron chi connectivity index (χ1n) is 9.07. The number of hydrazone groups is 1. The van der Waals surface area contributed by atoms with E-state index >= 15 is 0 Å². The predicted molar refractivity (Wildman–Crippen MR) is 114 cm³/mol. The predicted octanol–water partition coefficient (Wildman–Crippen LogP) is 3.71. The molecule has 0 saturated heterocycles. The highest BCUT2D eigenvalue weighted by Gasteiger charge is 2.11. The van der Waals surface area contributed by atoms with E-state index in [1.807, 2.05) is 37.3 Å². The number of carbonyl (C=O) groups is 1. The normalized spacial score (nSPS) is 10.8. The molecule has 0 spiro atoms. The molecule has 3 aromatic rings. The van der Waals surface area contributed by atoms with Crippen LogP contribution in [0.2, 0.25) is 5.02 Å². The third kappa shape index (κ3) is 5.33. The maximum atomic E-state index is 12.6. The lowest BCUT2D eigenvalue weighted by molar-refractivity contribution is 0.0953. The molecule has 3 rings (SSSR count). The van der Waals surface area contributed by atoms with Crippen molar-refractivity contribution in [3.05, 3.63) is 98.9 Å². The van der Waals surface area contributed by atoms with Crippen LogP contribution in [0.4, 0.5) is 0 Å². The minimum atomic E-state index is -0.578. The summed E-state index contributed by atoms with van der Waals surface area (Å²) >= 11 is 6.13. The molecule has 7 heteroatoms. The molecule has 1 N–H and O–H groups in total. The van der Waals surface area contributed by atoms with Crippen molar-refractivity contribution in [3.8, 4) is 5.75 Å². The second-order valence-corrected chi connectivity index (χ2v) is 6.57. The van der Waals surface area contributed by atoms with Crippen molar-refractivity contribution in [2.45, 2.75) is 13.5 Å². The summed E-state index contributed by atoms with van der Waals surface area (Å²) in [6, 6.07) is 17.9. The molecule has 0 bridgehead atoms. The summed E-state index contributed by atoms with van der Waals surface area (Å²) in [5.41, 5.74) is 3.68. The minimum absolute atomic E-state index is 0.0188. The Morgan fingerprint density at radius 3 is 2.69 bits per heavy atom. The second kappa shape index (κ2) is 9.71. The molecule has 0 radical (unpaired) electrons. The zero-order chi connectivity index (χ0) is 20.6. The molecule has 0 aliphatic rings. The average Bonchev–Trinajstić information content (AvgIpc) is 2.72. The molecule has 0 unspecified atom stereocenters. The van der Waals surface area contributed by atoms with E-state index in [4.69, 9.17) is 16.3 Å². The molecule has 0 saturated carbocycles. The quantitative estimate of drug-likeness (QED) is 0.477. The Morgan fingerprint density at radius 2 is 1.97 bits per heavy atom. The fraction of sp³-hybridized carbons (Fsp3) is 0.136. The summed E-state index contributed by atoms with van der Waals surface area (Å²) in [4.78, 5) is 25.0. The Balaban J connectivity index is 1.69. The van der Waals surface area contributed by atoms with E-state index in [2.05, 4.69) is 10.5 Å². The fourth-order valence-corrected chi connectivity index (χ4v) is 2.95. The number of pyridine rings is 1. The van der Waals surface area contributed by atoms with Crippen molar-refractivity contribution in [1.82, 2.24) is 9.99 Å². The SMILES string of the molecule is CCOc1ccc(/C=N\NC(=O)c2cccn(Cc3ccccc3)c2=O)cc1Cl. The highest BCUT2D eigenvalue weighted by Crippen LogP contribution is 2.24. The van der Waals surface area contributed by atoms with E-state index in [9.17, 15) is 9.59 Å². The van der Waals surface area contributed by atoms with Gasteiger partial charge >= 0.3 is 0 Å². The summed E-state index contributed by atoms with van der Waals surface area (Å²) in [5.74, 6) is 0.00398. The van der Waals surface area contributed by atoms with Crippen molar-refractivity contribution in [2.75, 3.05) is 6.61 Å². The highest BCUT2D eigenvalue weighted by atomic mass is 35.5. The number of ether oxygens (including phenoxy) is 1. The van der Waals surface area contributed by atoms with Crippen LogP contribution in [-0.4, -0.2) is 23.3 Å². The van der Waals surface area contributed by atoms with E-state index < -0.39 is 5.91 Å². The topological polar surface area (TPSA) is 72.7 Å². The molecule has 0 atom stereocenters. The number of aromatic nitrogens is 1. The lowest BCUT2D eigenvalue weighted by Crippen LogP contribution is -2.30. The van der Waals surface area contributed by atoms with Gasteiger partial charge < -0.3 is 9.30 Å². The van der Waals surface area contributed by atoms with E-state index in [-0.39, 0.29) is 11.1 Å². The van der Waals surface area contributed by atoms with Crippen LogP contribution < -0.4 is 15.7 Å². The number of benzene rings is 2. The van der Waals surface area contributed by atoms with Gasteiger partial charge in [0.15, 0.2) is 0 Å². The maximum absolute atomic E-state index is 12.6. The van der Waals surface area contributed by atoms with Crippen LogP contribution >= 0.6 is 11.6 Å². The monoisotopic (exact) mass is 409 g/mol. The minimum Gasteiger partial charge on any atom is -0.492 e. The van der Waals surface area contributed by atoms with Gasteiger partial charge in [-0.05, 0) is 48.4 Å². The first-order chi connectivity index (χ1) is 14.1. The molecule has 148 valence electrons. The average molecular weight is 410 g/mol. The van der Waals surface area contributed by atoms with Gasteiger partial charge in [-0.3, -0.25) is 9.59 Å². The highest BCUT2D eigenvalue weighted by molar-refractivity contribution is 6.32. The van der Waals surface area contributed by atoms with Gasteiger partial charge in [-0.25, -0.2) is 5.43 Å². The Hall–Kier alpha value is -3.38. The molecule has 0 aliphatic heterocycles. The van der Waals surface area contributed by atoms with Crippen LogP contribution in [0.15, 0.2) is 76.8 Å². The van der Waals surface area contributed by atoms with E-state index in [0.717, 1.165) is 5.56 Å². The number of rotatable bonds is 7. The van der Waals surface area contributed by atoms with Crippen molar-refractivity contribution >= 4 is 23.7 Å².